The van der Waals surface area contributed by atoms with Crippen LogP contribution in [0.15, 0.2) is 6.33 Å². The standard InChI is InChI=1S/C12H22ClN3/c1-4-6-7-12(5-2,9-13)8-11-14-10-15-16(11)3/h10H,4-9H2,1-3H3. The summed E-state index contributed by atoms with van der Waals surface area (Å²) in [5, 5.41) is 4.11. The van der Waals surface area contributed by atoms with Crippen LogP contribution < -0.4 is 0 Å². The quantitative estimate of drug-likeness (QED) is 0.689. The molecule has 0 fully saturated rings. The molecule has 0 radical (unpaired) electrons. The van der Waals surface area contributed by atoms with Crippen LogP contribution in [0.25, 0.3) is 0 Å². The van der Waals surface area contributed by atoms with Crippen LogP contribution in [0.1, 0.15) is 45.4 Å². The first kappa shape index (κ1) is 13.5. The Labute approximate surface area is 103 Å². The summed E-state index contributed by atoms with van der Waals surface area (Å²) in [6.45, 7) is 4.44. The molecule has 0 N–H and O–H groups in total. The number of rotatable bonds is 7. The highest BCUT2D eigenvalue weighted by Gasteiger charge is 2.28. The summed E-state index contributed by atoms with van der Waals surface area (Å²) in [5.41, 5.74) is 0.193. The van der Waals surface area contributed by atoms with Gasteiger partial charge in [0.15, 0.2) is 0 Å². The lowest BCUT2D eigenvalue weighted by molar-refractivity contribution is 0.270. The number of aromatic nitrogens is 3. The van der Waals surface area contributed by atoms with Crippen molar-refractivity contribution in [3.05, 3.63) is 12.2 Å². The van der Waals surface area contributed by atoms with E-state index in [2.05, 4.69) is 23.9 Å². The second-order valence-electron chi connectivity index (χ2n) is 4.57. The molecule has 0 saturated carbocycles. The van der Waals surface area contributed by atoms with E-state index in [4.69, 9.17) is 11.6 Å². The molecule has 0 spiro atoms. The first-order chi connectivity index (χ1) is 7.67. The van der Waals surface area contributed by atoms with Crippen molar-refractivity contribution in [2.75, 3.05) is 5.88 Å². The molecule has 1 aromatic heterocycles. The number of nitrogens with zero attached hydrogens (tertiary/aromatic N) is 3. The van der Waals surface area contributed by atoms with E-state index in [-0.39, 0.29) is 5.41 Å². The molecule has 0 bridgehead atoms. The lowest BCUT2D eigenvalue weighted by Crippen LogP contribution is -2.26. The van der Waals surface area contributed by atoms with E-state index < -0.39 is 0 Å². The van der Waals surface area contributed by atoms with Crippen LogP contribution in [0.3, 0.4) is 0 Å². The topological polar surface area (TPSA) is 30.7 Å². The zero-order valence-corrected chi connectivity index (χ0v) is 11.3. The summed E-state index contributed by atoms with van der Waals surface area (Å²) in [5.74, 6) is 1.75. The van der Waals surface area contributed by atoms with Crippen LogP contribution in [0.4, 0.5) is 0 Å². The molecule has 0 aliphatic rings. The van der Waals surface area contributed by atoms with Gasteiger partial charge in [-0.25, -0.2) is 4.98 Å². The minimum absolute atomic E-state index is 0.193. The Morgan fingerprint density at radius 1 is 1.44 bits per heavy atom. The highest BCUT2D eigenvalue weighted by molar-refractivity contribution is 6.18. The molecule has 1 heterocycles. The van der Waals surface area contributed by atoms with Crippen LogP contribution in [0.2, 0.25) is 0 Å². The monoisotopic (exact) mass is 243 g/mol. The minimum Gasteiger partial charge on any atom is -0.253 e. The van der Waals surface area contributed by atoms with Gasteiger partial charge in [-0.3, -0.25) is 4.68 Å². The maximum atomic E-state index is 6.17. The first-order valence-electron chi connectivity index (χ1n) is 6.06. The van der Waals surface area contributed by atoms with Gasteiger partial charge in [-0.2, -0.15) is 5.10 Å². The largest absolute Gasteiger partial charge is 0.253 e. The Hall–Kier alpha value is -0.570. The number of halogens is 1. The zero-order valence-electron chi connectivity index (χ0n) is 10.5. The molecule has 1 atom stereocenters. The predicted octanol–water partition coefficient (Wildman–Crippen LogP) is 3.18. The Morgan fingerprint density at radius 2 is 2.19 bits per heavy atom. The average molecular weight is 244 g/mol. The number of unbranched alkanes of at least 4 members (excludes halogenated alkanes) is 1. The number of aryl methyl sites for hydroxylation is 1. The maximum Gasteiger partial charge on any atom is 0.138 e. The molecule has 0 aromatic carbocycles. The smallest absolute Gasteiger partial charge is 0.138 e. The molecule has 1 rings (SSSR count). The SMILES string of the molecule is CCCCC(CC)(CCl)Cc1ncnn1C. The lowest BCUT2D eigenvalue weighted by atomic mass is 9.79. The van der Waals surface area contributed by atoms with Gasteiger partial charge in [-0.15, -0.1) is 11.6 Å². The third-order valence-corrected chi connectivity index (χ3v) is 4.00. The summed E-state index contributed by atoms with van der Waals surface area (Å²) in [4.78, 5) is 4.30. The predicted molar refractivity (Wildman–Crippen MR) is 67.7 cm³/mol. The van der Waals surface area contributed by atoms with E-state index in [1.807, 2.05) is 11.7 Å². The summed E-state index contributed by atoms with van der Waals surface area (Å²) in [7, 11) is 1.94. The van der Waals surface area contributed by atoms with Crippen LogP contribution in [-0.2, 0) is 13.5 Å². The highest BCUT2D eigenvalue weighted by atomic mass is 35.5. The van der Waals surface area contributed by atoms with Crippen LogP contribution >= 0.6 is 11.6 Å². The molecule has 92 valence electrons. The summed E-state index contributed by atoms with van der Waals surface area (Å²) < 4.78 is 1.85. The van der Waals surface area contributed by atoms with Gasteiger partial charge in [-0.1, -0.05) is 26.7 Å². The molecule has 0 saturated heterocycles. The van der Waals surface area contributed by atoms with Crippen molar-refractivity contribution in [3.63, 3.8) is 0 Å². The normalized spacial score (nSPS) is 15.0. The van der Waals surface area contributed by atoms with Crippen molar-refractivity contribution in [3.8, 4) is 0 Å². The minimum atomic E-state index is 0.193. The third-order valence-electron chi connectivity index (χ3n) is 3.43. The third kappa shape index (κ3) is 3.21. The number of hydrogen-bond acceptors (Lipinski definition) is 2. The Balaban J connectivity index is 2.73. The molecule has 4 heteroatoms. The molecular formula is C12H22ClN3. The molecule has 3 nitrogen and oxygen atoms in total. The Kier molecular flexibility index (Phi) is 5.26. The Morgan fingerprint density at radius 3 is 2.62 bits per heavy atom. The van der Waals surface area contributed by atoms with Gasteiger partial charge in [0, 0.05) is 19.3 Å². The summed E-state index contributed by atoms with van der Waals surface area (Å²) in [6, 6.07) is 0. The second-order valence-corrected chi connectivity index (χ2v) is 4.83. The molecular weight excluding hydrogens is 222 g/mol. The number of alkyl halides is 1. The van der Waals surface area contributed by atoms with Gasteiger partial charge >= 0.3 is 0 Å². The highest BCUT2D eigenvalue weighted by Crippen LogP contribution is 2.33. The molecule has 1 unspecified atom stereocenters. The summed E-state index contributed by atoms with van der Waals surface area (Å²) in [6.07, 6.45) is 7.28. The summed E-state index contributed by atoms with van der Waals surface area (Å²) >= 11 is 6.17. The van der Waals surface area contributed by atoms with Gasteiger partial charge in [0.05, 0.1) is 0 Å². The van der Waals surface area contributed by atoms with Crippen molar-refractivity contribution in [2.24, 2.45) is 12.5 Å². The van der Waals surface area contributed by atoms with Crippen molar-refractivity contribution >= 4 is 11.6 Å². The zero-order chi connectivity index (χ0) is 12.0. The molecule has 0 amide bonds. The van der Waals surface area contributed by atoms with Gasteiger partial charge in [0.1, 0.15) is 12.2 Å². The van der Waals surface area contributed by atoms with E-state index in [9.17, 15) is 0 Å². The van der Waals surface area contributed by atoms with E-state index in [0.717, 1.165) is 18.7 Å². The van der Waals surface area contributed by atoms with E-state index in [1.165, 1.54) is 19.3 Å². The molecule has 1 aromatic rings. The van der Waals surface area contributed by atoms with Crippen molar-refractivity contribution < 1.29 is 0 Å². The van der Waals surface area contributed by atoms with E-state index in [0.29, 0.717) is 5.88 Å². The van der Waals surface area contributed by atoms with Crippen molar-refractivity contribution in [1.82, 2.24) is 14.8 Å². The molecule has 0 aliphatic carbocycles. The average Bonchev–Trinajstić information content (AvgIpc) is 2.70. The van der Waals surface area contributed by atoms with Gasteiger partial charge < -0.3 is 0 Å². The second kappa shape index (κ2) is 6.24. The van der Waals surface area contributed by atoms with Crippen LogP contribution in [-0.4, -0.2) is 20.6 Å². The van der Waals surface area contributed by atoms with Gasteiger partial charge in [0.2, 0.25) is 0 Å². The van der Waals surface area contributed by atoms with Gasteiger partial charge in [0.25, 0.3) is 0 Å². The van der Waals surface area contributed by atoms with E-state index >= 15 is 0 Å². The van der Waals surface area contributed by atoms with Crippen LogP contribution in [0.5, 0.6) is 0 Å². The fourth-order valence-electron chi connectivity index (χ4n) is 1.97. The Bertz CT molecular complexity index is 305. The molecule has 16 heavy (non-hydrogen) atoms. The van der Waals surface area contributed by atoms with E-state index in [1.54, 1.807) is 6.33 Å². The van der Waals surface area contributed by atoms with Crippen molar-refractivity contribution in [1.29, 1.82) is 0 Å². The molecule has 0 aliphatic heterocycles. The lowest BCUT2D eigenvalue weighted by Gasteiger charge is -2.30. The van der Waals surface area contributed by atoms with Crippen molar-refractivity contribution in [2.45, 2.75) is 46.0 Å². The van der Waals surface area contributed by atoms with Gasteiger partial charge in [-0.05, 0) is 18.3 Å². The first-order valence-corrected chi connectivity index (χ1v) is 6.59. The fraction of sp³-hybridized carbons (Fsp3) is 0.833. The fourth-order valence-corrected chi connectivity index (χ4v) is 2.38. The maximum absolute atomic E-state index is 6.17. The number of hydrogen-bond donors (Lipinski definition) is 0. The van der Waals surface area contributed by atoms with Crippen LogP contribution in [0, 0.1) is 5.41 Å².